The van der Waals surface area contributed by atoms with Crippen molar-refractivity contribution in [3.63, 3.8) is 0 Å². The molecule has 0 aliphatic carbocycles. The van der Waals surface area contributed by atoms with Gasteiger partial charge in [-0.1, -0.05) is 20.8 Å². The molecule has 2 rings (SSSR count). The number of nitrogens with one attached hydrogen (secondary N) is 1. The van der Waals surface area contributed by atoms with Crippen molar-refractivity contribution in [3.05, 3.63) is 18.5 Å². The highest BCUT2D eigenvalue weighted by molar-refractivity contribution is 5.96. The average molecular weight is 289 g/mol. The predicted molar refractivity (Wildman–Crippen MR) is 84.0 cm³/mol. The number of nitrogens with two attached hydrogens (primary N) is 1. The van der Waals surface area contributed by atoms with Crippen molar-refractivity contribution in [1.29, 1.82) is 0 Å². The van der Waals surface area contributed by atoms with E-state index in [9.17, 15) is 4.79 Å². The zero-order chi connectivity index (χ0) is 15.8. The van der Waals surface area contributed by atoms with Crippen LogP contribution in [0, 0.1) is 5.41 Å². The smallest absolute Gasteiger partial charge is 0.241 e. The number of hydrogen-bond donors (Lipinski definition) is 2. The molecule has 6 heteroatoms. The van der Waals surface area contributed by atoms with E-state index in [0.29, 0.717) is 5.69 Å². The monoisotopic (exact) mass is 289 g/mol. The van der Waals surface area contributed by atoms with Crippen LogP contribution in [0.1, 0.15) is 40.7 Å². The maximum absolute atomic E-state index is 12.1. The largest absolute Gasteiger partial charge is 0.323 e. The van der Waals surface area contributed by atoms with Crippen LogP contribution in [0.3, 0.4) is 0 Å². The zero-order valence-corrected chi connectivity index (χ0v) is 13.2. The van der Waals surface area contributed by atoms with Crippen LogP contribution in [0.4, 0.5) is 5.69 Å². The Morgan fingerprint density at radius 3 is 2.57 bits per heavy atom. The van der Waals surface area contributed by atoms with Gasteiger partial charge < -0.3 is 11.1 Å². The van der Waals surface area contributed by atoms with Crippen molar-refractivity contribution in [2.45, 2.75) is 46.7 Å². The van der Waals surface area contributed by atoms with E-state index in [4.69, 9.17) is 5.73 Å². The normalized spacial score (nSPS) is 13.7. The van der Waals surface area contributed by atoms with Gasteiger partial charge in [0.2, 0.25) is 5.91 Å². The molecule has 2 heterocycles. The number of carbonyl (C=O) groups is 1. The Morgan fingerprint density at radius 2 is 2.00 bits per heavy atom. The van der Waals surface area contributed by atoms with Crippen LogP contribution >= 0.6 is 0 Å². The van der Waals surface area contributed by atoms with E-state index in [1.165, 1.54) is 0 Å². The van der Waals surface area contributed by atoms with Gasteiger partial charge in [-0.2, -0.15) is 5.10 Å². The molecule has 6 nitrogen and oxygen atoms in total. The van der Waals surface area contributed by atoms with Crippen molar-refractivity contribution >= 4 is 22.6 Å². The molecule has 2 aromatic heterocycles. The van der Waals surface area contributed by atoms with Crippen molar-refractivity contribution < 1.29 is 4.79 Å². The van der Waals surface area contributed by atoms with Gasteiger partial charge in [0, 0.05) is 11.4 Å². The molecule has 0 aliphatic rings. The van der Waals surface area contributed by atoms with Gasteiger partial charge in [-0.25, -0.2) is 9.67 Å². The Kier molecular flexibility index (Phi) is 4.00. The van der Waals surface area contributed by atoms with Crippen molar-refractivity contribution in [2.24, 2.45) is 11.1 Å². The van der Waals surface area contributed by atoms with Crippen LogP contribution in [-0.2, 0) is 4.79 Å². The van der Waals surface area contributed by atoms with Gasteiger partial charge in [-0.15, -0.1) is 0 Å². The molecule has 0 spiro atoms. The fourth-order valence-corrected chi connectivity index (χ4v) is 2.00. The Morgan fingerprint density at radius 1 is 1.33 bits per heavy atom. The third kappa shape index (κ3) is 3.21. The maximum Gasteiger partial charge on any atom is 0.241 e. The van der Waals surface area contributed by atoms with Crippen molar-refractivity contribution in [1.82, 2.24) is 14.8 Å². The second-order valence-electron chi connectivity index (χ2n) is 6.65. The number of aromatic nitrogens is 3. The molecule has 0 saturated carbocycles. The molecule has 2 aromatic rings. The molecule has 1 amide bonds. The molecule has 0 fully saturated rings. The molecular weight excluding hydrogens is 266 g/mol. The quantitative estimate of drug-likeness (QED) is 0.908. The van der Waals surface area contributed by atoms with Crippen LogP contribution in [0.15, 0.2) is 18.5 Å². The molecule has 3 N–H and O–H groups in total. The van der Waals surface area contributed by atoms with Crippen molar-refractivity contribution in [3.8, 4) is 0 Å². The van der Waals surface area contributed by atoms with E-state index in [1.807, 2.05) is 45.4 Å². The van der Waals surface area contributed by atoms with Gasteiger partial charge in [0.05, 0.1) is 24.1 Å². The zero-order valence-electron chi connectivity index (χ0n) is 13.2. The van der Waals surface area contributed by atoms with E-state index in [1.54, 1.807) is 12.4 Å². The fourth-order valence-electron chi connectivity index (χ4n) is 2.00. The van der Waals surface area contributed by atoms with Crippen LogP contribution in [0.5, 0.6) is 0 Å². The summed E-state index contributed by atoms with van der Waals surface area (Å²) in [6.07, 6.45) is 3.39. The molecule has 1 atom stereocenters. The highest BCUT2D eigenvalue weighted by Crippen LogP contribution is 2.21. The second kappa shape index (κ2) is 5.44. The third-order valence-corrected chi connectivity index (χ3v) is 3.41. The van der Waals surface area contributed by atoms with E-state index < -0.39 is 6.04 Å². The first-order valence-electron chi connectivity index (χ1n) is 7.10. The van der Waals surface area contributed by atoms with E-state index >= 15 is 0 Å². The van der Waals surface area contributed by atoms with Crippen molar-refractivity contribution in [2.75, 3.05) is 5.32 Å². The van der Waals surface area contributed by atoms with E-state index in [0.717, 1.165) is 11.0 Å². The number of rotatable bonds is 3. The third-order valence-electron chi connectivity index (χ3n) is 3.41. The molecule has 21 heavy (non-hydrogen) atoms. The number of anilines is 1. The molecule has 0 aliphatic heterocycles. The van der Waals surface area contributed by atoms with Gasteiger partial charge in [0.1, 0.15) is 0 Å². The van der Waals surface area contributed by atoms with Gasteiger partial charge in [-0.05, 0) is 25.3 Å². The molecule has 0 saturated heterocycles. The molecular formula is C15H23N5O. The maximum atomic E-state index is 12.1. The first kappa shape index (κ1) is 15.4. The summed E-state index contributed by atoms with van der Waals surface area (Å²) in [5.74, 6) is -0.208. The summed E-state index contributed by atoms with van der Waals surface area (Å²) in [4.78, 5) is 16.5. The minimum atomic E-state index is -0.577. The van der Waals surface area contributed by atoms with Gasteiger partial charge in [0.25, 0.3) is 0 Å². The summed E-state index contributed by atoms with van der Waals surface area (Å²) < 4.78 is 1.85. The number of nitrogens with zero attached hydrogens (tertiary/aromatic N) is 3. The number of pyridine rings is 1. The summed E-state index contributed by atoms with van der Waals surface area (Å²) in [7, 11) is 0. The lowest BCUT2D eigenvalue weighted by Gasteiger charge is -2.25. The van der Waals surface area contributed by atoms with Crippen LogP contribution in [-0.4, -0.2) is 26.7 Å². The average Bonchev–Trinajstić information content (AvgIpc) is 2.79. The standard InChI is InChI=1S/C15H23N5O/c1-9(2)20-13-10(7-18-20)6-11(8-17-13)19-14(21)12(16)15(3,4)5/h6-9,12H,16H2,1-5H3,(H,19,21). The highest BCUT2D eigenvalue weighted by Gasteiger charge is 2.27. The van der Waals surface area contributed by atoms with Crippen LogP contribution < -0.4 is 11.1 Å². The summed E-state index contributed by atoms with van der Waals surface area (Å²) in [6, 6.07) is 1.53. The lowest BCUT2D eigenvalue weighted by Crippen LogP contribution is -2.45. The number of fused-ring (bicyclic) bond motifs is 1. The Labute approximate surface area is 124 Å². The SMILES string of the molecule is CC(C)n1ncc2cc(NC(=O)C(N)C(C)(C)C)cnc21. The molecule has 0 aromatic carbocycles. The van der Waals surface area contributed by atoms with Crippen LogP contribution in [0.25, 0.3) is 11.0 Å². The van der Waals surface area contributed by atoms with Gasteiger partial charge in [-0.3, -0.25) is 4.79 Å². The minimum Gasteiger partial charge on any atom is -0.323 e. The molecule has 1 unspecified atom stereocenters. The molecule has 0 radical (unpaired) electrons. The van der Waals surface area contributed by atoms with Crippen LogP contribution in [0.2, 0.25) is 0 Å². The predicted octanol–water partition coefficient (Wildman–Crippen LogP) is 2.32. The second-order valence-corrected chi connectivity index (χ2v) is 6.65. The Balaban J connectivity index is 2.23. The molecule has 0 bridgehead atoms. The van der Waals surface area contributed by atoms with Gasteiger partial charge in [0.15, 0.2) is 5.65 Å². The first-order chi connectivity index (χ1) is 9.70. The minimum absolute atomic E-state index is 0.208. The fraction of sp³-hybridized carbons (Fsp3) is 0.533. The summed E-state index contributed by atoms with van der Waals surface area (Å²) in [6.45, 7) is 9.90. The summed E-state index contributed by atoms with van der Waals surface area (Å²) in [5.41, 5.74) is 7.11. The Bertz CT molecular complexity index is 654. The highest BCUT2D eigenvalue weighted by atomic mass is 16.2. The number of carbonyl (C=O) groups excluding carboxylic acids is 1. The lowest BCUT2D eigenvalue weighted by atomic mass is 9.87. The topological polar surface area (TPSA) is 85.8 Å². The molecule has 114 valence electrons. The first-order valence-corrected chi connectivity index (χ1v) is 7.10. The number of amides is 1. The summed E-state index contributed by atoms with van der Waals surface area (Å²) in [5, 5.41) is 8.02. The Hall–Kier alpha value is -1.95. The lowest BCUT2D eigenvalue weighted by molar-refractivity contribution is -0.119. The van der Waals surface area contributed by atoms with E-state index in [2.05, 4.69) is 15.4 Å². The summed E-state index contributed by atoms with van der Waals surface area (Å²) >= 11 is 0. The number of hydrogen-bond acceptors (Lipinski definition) is 4. The van der Waals surface area contributed by atoms with E-state index in [-0.39, 0.29) is 17.4 Å². The van der Waals surface area contributed by atoms with Gasteiger partial charge >= 0.3 is 0 Å².